The number of nitrogens with zero attached hydrogens (tertiary/aromatic N) is 3. The van der Waals surface area contributed by atoms with Gasteiger partial charge in [-0.25, -0.2) is 4.98 Å². The second-order valence-corrected chi connectivity index (χ2v) is 5.26. The summed E-state index contributed by atoms with van der Waals surface area (Å²) in [5, 5.41) is 12.6. The van der Waals surface area contributed by atoms with Gasteiger partial charge in [0.15, 0.2) is 5.65 Å². The molecule has 0 radical (unpaired) electrons. The highest BCUT2D eigenvalue weighted by atomic mass is 16.1. The number of rotatable bonds is 7. The molecule has 0 fully saturated rings. The molecule has 26 heavy (non-hydrogen) atoms. The van der Waals surface area contributed by atoms with Crippen LogP contribution in [0.3, 0.4) is 0 Å². The van der Waals surface area contributed by atoms with Gasteiger partial charge in [-0.05, 0) is 19.1 Å². The normalized spacial score (nSPS) is 11.0. The van der Waals surface area contributed by atoms with Gasteiger partial charge in [-0.15, -0.1) is 0 Å². The third kappa shape index (κ3) is 5.62. The minimum absolute atomic E-state index is 0.238. The van der Waals surface area contributed by atoms with E-state index in [1.165, 1.54) is 23.3 Å². The summed E-state index contributed by atoms with van der Waals surface area (Å²) in [5.74, 6) is 0.577. The summed E-state index contributed by atoms with van der Waals surface area (Å²) >= 11 is 0. The molecular formula is C17H25N7O2. The summed E-state index contributed by atoms with van der Waals surface area (Å²) < 4.78 is 1.50. The molecule has 0 unspecified atom stereocenters. The van der Waals surface area contributed by atoms with Crippen molar-refractivity contribution in [1.82, 2.24) is 19.9 Å². The quantitative estimate of drug-likeness (QED) is 0.441. The number of amides is 2. The Morgan fingerprint density at radius 3 is 2.65 bits per heavy atom. The van der Waals surface area contributed by atoms with Crippen molar-refractivity contribution in [3.8, 4) is 0 Å². The smallest absolute Gasteiger partial charge is 0.254 e. The van der Waals surface area contributed by atoms with Crippen LogP contribution in [0.25, 0.3) is 5.65 Å². The molecule has 0 bridgehead atoms. The van der Waals surface area contributed by atoms with Crippen LogP contribution in [0.5, 0.6) is 0 Å². The summed E-state index contributed by atoms with van der Waals surface area (Å²) in [5.41, 5.74) is 6.71. The van der Waals surface area contributed by atoms with Crippen LogP contribution in [0.1, 0.15) is 37.6 Å². The Balaban J connectivity index is 0.00000105. The maximum atomic E-state index is 11.4. The van der Waals surface area contributed by atoms with Gasteiger partial charge < -0.3 is 21.7 Å². The highest BCUT2D eigenvalue weighted by Crippen LogP contribution is 2.19. The first kappa shape index (κ1) is 20.7. The zero-order valence-electron chi connectivity index (χ0n) is 15.4. The van der Waals surface area contributed by atoms with E-state index >= 15 is 0 Å². The molecule has 9 nitrogen and oxygen atoms in total. The highest BCUT2D eigenvalue weighted by Gasteiger charge is 2.14. The molecule has 0 aliphatic rings. The lowest BCUT2D eigenvalue weighted by Gasteiger charge is -2.09. The van der Waals surface area contributed by atoms with Crippen molar-refractivity contribution in [2.24, 2.45) is 5.73 Å². The van der Waals surface area contributed by atoms with Gasteiger partial charge >= 0.3 is 0 Å². The van der Waals surface area contributed by atoms with Gasteiger partial charge in [0.05, 0.1) is 6.20 Å². The molecule has 2 heterocycles. The molecule has 0 saturated heterocycles. The minimum atomic E-state index is -0.596. The summed E-state index contributed by atoms with van der Waals surface area (Å²) in [4.78, 5) is 25.9. The number of anilines is 2. The van der Waals surface area contributed by atoms with Crippen LogP contribution >= 0.6 is 0 Å². The number of nitrogens with two attached hydrogens (primary N) is 1. The van der Waals surface area contributed by atoms with Gasteiger partial charge in [0.25, 0.3) is 5.91 Å². The van der Waals surface area contributed by atoms with E-state index in [1.807, 2.05) is 6.92 Å². The number of aromatic nitrogens is 3. The second kappa shape index (κ2) is 10.5. The van der Waals surface area contributed by atoms with Crippen molar-refractivity contribution in [1.29, 1.82) is 0 Å². The Hall–Kier alpha value is -3.36. The Labute approximate surface area is 152 Å². The molecule has 0 aliphatic heterocycles. The van der Waals surface area contributed by atoms with Crippen LogP contribution in [0.4, 0.5) is 11.6 Å². The first-order valence-electron chi connectivity index (χ1n) is 8.14. The second-order valence-electron chi connectivity index (χ2n) is 5.26. The third-order valence-electron chi connectivity index (χ3n) is 2.93. The lowest BCUT2D eigenvalue weighted by Crippen LogP contribution is -2.12. The molecular weight excluding hydrogens is 334 g/mol. The van der Waals surface area contributed by atoms with Crippen LogP contribution in [-0.4, -0.2) is 34.0 Å². The lowest BCUT2D eigenvalue weighted by molar-refractivity contribution is -0.108. The molecule has 0 saturated carbocycles. The maximum Gasteiger partial charge on any atom is 0.254 e. The summed E-state index contributed by atoms with van der Waals surface area (Å²) in [6.07, 6.45) is 8.13. The summed E-state index contributed by atoms with van der Waals surface area (Å²) in [7, 11) is 1.74. The topological polar surface area (TPSA) is 126 Å². The molecule has 9 heteroatoms. The van der Waals surface area contributed by atoms with Crippen molar-refractivity contribution in [2.75, 3.05) is 17.7 Å². The molecule has 2 aromatic rings. The van der Waals surface area contributed by atoms with Crippen molar-refractivity contribution >= 4 is 29.6 Å². The monoisotopic (exact) mass is 359 g/mol. The number of hydrogen-bond acceptors (Lipinski definition) is 6. The van der Waals surface area contributed by atoms with Gasteiger partial charge in [-0.2, -0.15) is 9.61 Å². The standard InChI is InChI=1S/C14H17N7O2.C3H8/c1-9(4-3-5-17-8-22)19-11-6-12(16-2)21-14(20-11)10(7-18-21)13(15)23;1-3-2/h3-8,16H,1-2H3,(H2,15,23)(H,17,22)(H,19,20);3H2,1-2H3/b5-3-,9-4+;. The Morgan fingerprint density at radius 2 is 2.08 bits per heavy atom. The average Bonchev–Trinajstić information content (AvgIpc) is 3.03. The lowest BCUT2D eigenvalue weighted by atomic mass is 10.3. The fourth-order valence-corrected chi connectivity index (χ4v) is 1.91. The van der Waals surface area contributed by atoms with E-state index < -0.39 is 5.91 Å². The maximum absolute atomic E-state index is 11.4. The van der Waals surface area contributed by atoms with E-state index in [4.69, 9.17) is 5.73 Å². The van der Waals surface area contributed by atoms with Crippen LogP contribution in [-0.2, 0) is 4.79 Å². The van der Waals surface area contributed by atoms with Crippen molar-refractivity contribution in [3.05, 3.63) is 41.9 Å². The number of allylic oxidation sites excluding steroid dienone is 3. The molecule has 0 aliphatic carbocycles. The Bertz CT molecular complexity index is 809. The van der Waals surface area contributed by atoms with Crippen LogP contribution < -0.4 is 21.7 Å². The number of primary amides is 1. The SMILES string of the molecule is CCC.CNc1cc(N/C(C)=C/C=C\NC=O)nc2c(C(N)=O)cnn12. The number of fused-ring (bicyclic) bond motifs is 1. The summed E-state index contributed by atoms with van der Waals surface area (Å²) in [6, 6.07) is 1.75. The van der Waals surface area contributed by atoms with Gasteiger partial charge in [-0.3, -0.25) is 9.59 Å². The molecule has 2 aromatic heterocycles. The average molecular weight is 359 g/mol. The number of carbonyl (C=O) groups is 2. The fourth-order valence-electron chi connectivity index (χ4n) is 1.91. The predicted octanol–water partition coefficient (Wildman–Crippen LogP) is 1.86. The molecule has 0 atom stereocenters. The van der Waals surface area contributed by atoms with Gasteiger partial charge in [0, 0.05) is 25.0 Å². The Kier molecular flexibility index (Phi) is 8.35. The molecule has 2 amide bonds. The van der Waals surface area contributed by atoms with Crippen molar-refractivity contribution < 1.29 is 9.59 Å². The van der Waals surface area contributed by atoms with Gasteiger partial charge in [0.2, 0.25) is 6.41 Å². The van der Waals surface area contributed by atoms with E-state index in [1.54, 1.807) is 25.3 Å². The molecule has 0 spiro atoms. The van der Waals surface area contributed by atoms with E-state index in [-0.39, 0.29) is 5.56 Å². The van der Waals surface area contributed by atoms with Crippen molar-refractivity contribution in [2.45, 2.75) is 27.2 Å². The fraction of sp³-hybridized carbons (Fsp3) is 0.294. The molecule has 0 aromatic carbocycles. The van der Waals surface area contributed by atoms with Gasteiger partial charge in [0.1, 0.15) is 17.2 Å². The van der Waals surface area contributed by atoms with E-state index in [0.717, 1.165) is 5.70 Å². The zero-order chi connectivity index (χ0) is 19.5. The van der Waals surface area contributed by atoms with Crippen molar-refractivity contribution in [3.63, 3.8) is 0 Å². The largest absolute Gasteiger partial charge is 0.373 e. The third-order valence-corrected chi connectivity index (χ3v) is 2.93. The first-order valence-corrected chi connectivity index (χ1v) is 8.14. The summed E-state index contributed by atoms with van der Waals surface area (Å²) in [6.45, 7) is 6.08. The van der Waals surface area contributed by atoms with Crippen LogP contribution in [0.15, 0.2) is 36.3 Å². The minimum Gasteiger partial charge on any atom is -0.373 e. The van der Waals surface area contributed by atoms with E-state index in [9.17, 15) is 9.59 Å². The van der Waals surface area contributed by atoms with Crippen LogP contribution in [0.2, 0.25) is 0 Å². The zero-order valence-corrected chi connectivity index (χ0v) is 15.4. The number of hydrogen-bond donors (Lipinski definition) is 4. The Morgan fingerprint density at radius 1 is 1.38 bits per heavy atom. The highest BCUT2D eigenvalue weighted by molar-refractivity contribution is 5.98. The number of carbonyl (C=O) groups excluding carboxylic acids is 2. The first-order chi connectivity index (χ1) is 12.5. The molecule has 140 valence electrons. The van der Waals surface area contributed by atoms with E-state index in [0.29, 0.717) is 23.7 Å². The van der Waals surface area contributed by atoms with E-state index in [2.05, 4.69) is 39.9 Å². The van der Waals surface area contributed by atoms with Gasteiger partial charge in [-0.1, -0.05) is 20.3 Å². The molecule has 2 rings (SSSR count). The molecule has 5 N–H and O–H groups in total. The predicted molar refractivity (Wildman–Crippen MR) is 103 cm³/mol. The number of nitrogens with one attached hydrogen (secondary N) is 3. The van der Waals surface area contributed by atoms with Crippen LogP contribution in [0, 0.1) is 0 Å².